The van der Waals surface area contributed by atoms with E-state index in [-0.39, 0.29) is 11.3 Å². The van der Waals surface area contributed by atoms with E-state index in [4.69, 9.17) is 21.5 Å². The molecule has 132 valence electrons. The number of benzene rings is 2. The lowest BCUT2D eigenvalue weighted by molar-refractivity contribution is -0.137. The number of alkyl halides is 3. The molecule has 2 rings (SSSR count). The summed E-state index contributed by atoms with van der Waals surface area (Å²) in [5.41, 5.74) is 1.65. The molecule has 0 aliphatic rings. The van der Waals surface area contributed by atoms with Gasteiger partial charge in [-0.15, -0.1) is 0 Å². The Morgan fingerprint density at radius 1 is 1.08 bits per heavy atom. The molecule has 0 saturated heterocycles. The lowest BCUT2D eigenvalue weighted by Crippen LogP contribution is -2.04. The number of phenolic OH excluding ortho intramolecular Hbond substituents is 1. The number of aryl methyl sites for hydroxylation is 2. The molecule has 0 spiro atoms. The molecule has 0 unspecified atom stereocenters. The summed E-state index contributed by atoms with van der Waals surface area (Å²) >= 11 is 5.87. The number of aromatic hydroxyl groups is 1. The monoisotopic (exact) mass is 361 g/mol. The van der Waals surface area contributed by atoms with Gasteiger partial charge in [0, 0.05) is 7.05 Å². The molecule has 2 aromatic rings. The fourth-order valence-corrected chi connectivity index (χ4v) is 1.98. The molecule has 2 N–H and O–H groups in total. The normalized spacial score (nSPS) is 9.96. The van der Waals surface area contributed by atoms with Crippen LogP contribution in [0.1, 0.15) is 16.7 Å². The Hall–Kier alpha value is -2.21. The van der Waals surface area contributed by atoms with E-state index in [1.54, 1.807) is 0 Å². The van der Waals surface area contributed by atoms with E-state index in [2.05, 4.69) is 5.32 Å². The molecule has 0 bridgehead atoms. The zero-order chi connectivity index (χ0) is 18.9. The van der Waals surface area contributed by atoms with Crippen molar-refractivity contribution in [2.45, 2.75) is 20.0 Å². The Morgan fingerprint density at radius 3 is 2.08 bits per heavy atom. The van der Waals surface area contributed by atoms with E-state index < -0.39 is 11.7 Å². The summed E-state index contributed by atoms with van der Waals surface area (Å²) < 4.78 is 36.1. The predicted molar refractivity (Wildman–Crippen MR) is 90.7 cm³/mol. The number of anilines is 1. The summed E-state index contributed by atoms with van der Waals surface area (Å²) in [5, 5.41) is 12.7. The van der Waals surface area contributed by atoms with Gasteiger partial charge < -0.3 is 15.2 Å². The standard InChI is InChI=1S/C8H10ClN.C8H7F3O.CH2O/c1-6-3-4-8(10-2)7(9)5-6;1-5-4-6(8(9,10)11)2-3-7(5)12;1-2/h3-5,10H,1-2H3;2-4,12H,1H3;1H2. The molecule has 24 heavy (non-hydrogen) atoms. The second kappa shape index (κ2) is 9.82. The number of hydrogen-bond donors (Lipinski definition) is 2. The van der Waals surface area contributed by atoms with Gasteiger partial charge >= 0.3 is 6.18 Å². The summed E-state index contributed by atoms with van der Waals surface area (Å²) in [7, 11) is 1.86. The summed E-state index contributed by atoms with van der Waals surface area (Å²) in [4.78, 5) is 8.00. The van der Waals surface area contributed by atoms with Crippen molar-refractivity contribution in [3.05, 3.63) is 58.1 Å². The third-order valence-corrected chi connectivity index (χ3v) is 3.23. The Bertz CT molecular complexity index is 661. The maximum Gasteiger partial charge on any atom is 0.416 e. The van der Waals surface area contributed by atoms with E-state index in [1.165, 1.54) is 12.5 Å². The SMILES string of the molecule is C=O.CNc1ccc(C)cc1Cl.Cc1cc(C(F)(F)F)ccc1O. The number of carbonyl (C=O) groups excluding carboxylic acids is 1. The summed E-state index contributed by atoms with van der Waals surface area (Å²) in [6.07, 6.45) is -4.33. The molecular weight excluding hydrogens is 343 g/mol. The number of phenols is 1. The van der Waals surface area contributed by atoms with Crippen LogP contribution in [0, 0.1) is 13.8 Å². The second-order valence-electron chi connectivity index (χ2n) is 4.73. The highest BCUT2D eigenvalue weighted by atomic mass is 35.5. The lowest BCUT2D eigenvalue weighted by atomic mass is 10.1. The van der Waals surface area contributed by atoms with Crippen molar-refractivity contribution in [3.63, 3.8) is 0 Å². The third-order valence-electron chi connectivity index (χ3n) is 2.92. The molecule has 0 radical (unpaired) electrons. The average Bonchev–Trinajstić information content (AvgIpc) is 2.52. The second-order valence-corrected chi connectivity index (χ2v) is 5.14. The van der Waals surface area contributed by atoms with E-state index in [1.807, 2.05) is 39.0 Å². The summed E-state index contributed by atoms with van der Waals surface area (Å²) in [6.45, 7) is 5.44. The van der Waals surface area contributed by atoms with Crippen LogP contribution in [0.3, 0.4) is 0 Å². The number of nitrogens with one attached hydrogen (secondary N) is 1. The van der Waals surface area contributed by atoms with Gasteiger partial charge in [-0.05, 0) is 55.3 Å². The van der Waals surface area contributed by atoms with Crippen molar-refractivity contribution in [1.29, 1.82) is 0 Å². The first-order valence-electron chi connectivity index (χ1n) is 6.74. The number of carbonyl (C=O) groups is 1. The first-order chi connectivity index (χ1) is 11.1. The topological polar surface area (TPSA) is 49.3 Å². The molecule has 0 aliphatic carbocycles. The van der Waals surface area contributed by atoms with Crippen molar-refractivity contribution in [3.8, 4) is 5.75 Å². The van der Waals surface area contributed by atoms with Crippen molar-refractivity contribution in [2.75, 3.05) is 12.4 Å². The highest BCUT2D eigenvalue weighted by Crippen LogP contribution is 2.31. The van der Waals surface area contributed by atoms with E-state index in [0.29, 0.717) is 0 Å². The van der Waals surface area contributed by atoms with Crippen LogP contribution < -0.4 is 5.32 Å². The smallest absolute Gasteiger partial charge is 0.416 e. The van der Waals surface area contributed by atoms with Gasteiger partial charge in [0.1, 0.15) is 12.5 Å². The number of rotatable bonds is 1. The maximum atomic E-state index is 12.0. The number of hydrogen-bond acceptors (Lipinski definition) is 3. The molecule has 0 fully saturated rings. The minimum absolute atomic E-state index is 0.122. The fourth-order valence-electron chi connectivity index (χ4n) is 1.65. The third kappa shape index (κ3) is 6.91. The van der Waals surface area contributed by atoms with Crippen LogP contribution in [-0.4, -0.2) is 18.9 Å². The van der Waals surface area contributed by atoms with E-state index in [9.17, 15) is 13.2 Å². The van der Waals surface area contributed by atoms with E-state index in [0.717, 1.165) is 28.9 Å². The van der Waals surface area contributed by atoms with Gasteiger partial charge in [-0.25, -0.2) is 0 Å². The van der Waals surface area contributed by atoms with Crippen LogP contribution >= 0.6 is 11.6 Å². The van der Waals surface area contributed by atoms with Crippen LogP contribution in [-0.2, 0) is 11.0 Å². The Balaban J connectivity index is 0.000000405. The van der Waals surface area contributed by atoms with Crippen molar-refractivity contribution >= 4 is 24.1 Å². The highest BCUT2D eigenvalue weighted by molar-refractivity contribution is 6.33. The van der Waals surface area contributed by atoms with Gasteiger partial charge in [-0.2, -0.15) is 13.2 Å². The Morgan fingerprint density at radius 2 is 1.67 bits per heavy atom. The average molecular weight is 362 g/mol. The zero-order valence-corrected chi connectivity index (χ0v) is 14.3. The predicted octanol–water partition coefficient (Wildman–Crippen LogP) is 5.22. The molecule has 0 atom stereocenters. The van der Waals surface area contributed by atoms with Gasteiger partial charge in [0.05, 0.1) is 16.3 Å². The van der Waals surface area contributed by atoms with Crippen LogP contribution in [0.25, 0.3) is 0 Å². The van der Waals surface area contributed by atoms with Gasteiger partial charge in [0.15, 0.2) is 0 Å². The van der Waals surface area contributed by atoms with Crippen LogP contribution in [0.5, 0.6) is 5.75 Å². The van der Waals surface area contributed by atoms with Gasteiger partial charge in [-0.3, -0.25) is 0 Å². The van der Waals surface area contributed by atoms with Gasteiger partial charge in [0.2, 0.25) is 0 Å². The van der Waals surface area contributed by atoms with Crippen molar-refractivity contribution in [1.82, 2.24) is 0 Å². The molecule has 0 aromatic heterocycles. The Kier molecular flexibility index (Phi) is 8.92. The molecule has 0 saturated carbocycles. The van der Waals surface area contributed by atoms with Crippen LogP contribution in [0.2, 0.25) is 5.02 Å². The number of halogens is 4. The van der Waals surface area contributed by atoms with Gasteiger partial charge in [-0.1, -0.05) is 17.7 Å². The largest absolute Gasteiger partial charge is 0.508 e. The molecule has 2 aromatic carbocycles. The minimum atomic E-state index is -4.33. The molecule has 0 amide bonds. The van der Waals surface area contributed by atoms with Crippen molar-refractivity contribution < 1.29 is 23.1 Å². The molecule has 7 heteroatoms. The zero-order valence-electron chi connectivity index (χ0n) is 13.5. The van der Waals surface area contributed by atoms with Crippen LogP contribution in [0.15, 0.2) is 36.4 Å². The first kappa shape index (κ1) is 21.8. The molecule has 3 nitrogen and oxygen atoms in total. The maximum absolute atomic E-state index is 12.0. The molecule has 0 heterocycles. The first-order valence-corrected chi connectivity index (χ1v) is 7.12. The van der Waals surface area contributed by atoms with E-state index >= 15 is 0 Å². The summed E-state index contributed by atoms with van der Waals surface area (Å²) in [5.74, 6) is -0.122. The Labute approximate surface area is 144 Å². The molecular formula is C17H19ClF3NO2. The fraction of sp³-hybridized carbons (Fsp3) is 0.235. The summed E-state index contributed by atoms with van der Waals surface area (Å²) in [6, 6.07) is 8.73. The van der Waals surface area contributed by atoms with Crippen molar-refractivity contribution in [2.24, 2.45) is 0 Å². The highest BCUT2D eigenvalue weighted by Gasteiger charge is 2.30. The van der Waals surface area contributed by atoms with Gasteiger partial charge in [0.25, 0.3) is 0 Å². The quantitative estimate of drug-likeness (QED) is 0.731. The van der Waals surface area contributed by atoms with Crippen LogP contribution in [0.4, 0.5) is 18.9 Å². The molecule has 0 aliphatic heterocycles. The lowest BCUT2D eigenvalue weighted by Gasteiger charge is -2.07. The minimum Gasteiger partial charge on any atom is -0.508 e.